The van der Waals surface area contributed by atoms with Crippen molar-refractivity contribution in [2.24, 2.45) is 0 Å². The second-order valence-corrected chi connectivity index (χ2v) is 15.9. The SMILES string of the molecule is c1ccc(-c2cccc3c2oc2ccc(-c4ccc(N(c5ccc(-c6cccc7sc8ccccc8c67)cc5)c5cccc6oc7ccccc7c56)cc4)cc23)cc1. The van der Waals surface area contributed by atoms with E-state index in [9.17, 15) is 0 Å². The molecule has 0 aliphatic heterocycles. The lowest BCUT2D eigenvalue weighted by atomic mass is 9.98. The van der Waals surface area contributed by atoms with Gasteiger partial charge in [-0.05, 0) is 94.5 Å². The van der Waals surface area contributed by atoms with Crippen LogP contribution >= 0.6 is 11.3 Å². The Balaban J connectivity index is 0.975. The Bertz CT molecular complexity index is 3500. The molecule has 0 aliphatic rings. The molecular formula is C54H33NO2S. The Kier molecular flexibility index (Phi) is 7.40. The van der Waals surface area contributed by atoms with Gasteiger partial charge in [0.25, 0.3) is 0 Å². The Morgan fingerprint density at radius 2 is 0.948 bits per heavy atom. The van der Waals surface area contributed by atoms with Crippen molar-refractivity contribution in [2.75, 3.05) is 4.90 Å². The summed E-state index contributed by atoms with van der Waals surface area (Å²) in [6.07, 6.45) is 0. The van der Waals surface area contributed by atoms with E-state index in [4.69, 9.17) is 8.83 Å². The molecule has 3 aromatic heterocycles. The van der Waals surface area contributed by atoms with Crippen molar-refractivity contribution >= 4 is 92.4 Å². The second-order valence-electron chi connectivity index (χ2n) is 14.8. The molecule has 0 unspecified atom stereocenters. The third-order valence-corrected chi connectivity index (χ3v) is 12.6. The number of fused-ring (bicyclic) bond motifs is 9. The molecule has 12 aromatic rings. The number of benzene rings is 9. The van der Waals surface area contributed by atoms with Crippen LogP contribution in [0.25, 0.3) is 97.4 Å². The van der Waals surface area contributed by atoms with E-state index < -0.39 is 0 Å². The van der Waals surface area contributed by atoms with E-state index in [1.165, 1.54) is 31.3 Å². The standard InChI is InChI=1S/C54H33NO2S/c1-2-11-35(12-3-1)41-16-8-17-42-45-33-37(27-32-48(45)57-54(41)42)34-23-28-38(29-24-34)55(46-18-10-20-49-53(46)43-13-4-6-19-47(43)56-49)39-30-25-36(26-31-39)40-15-9-22-51-52(40)44-14-5-7-21-50(44)58-51/h1-33H. The van der Waals surface area contributed by atoms with Gasteiger partial charge in [-0.3, -0.25) is 0 Å². The summed E-state index contributed by atoms with van der Waals surface area (Å²) in [7, 11) is 0. The predicted molar refractivity (Wildman–Crippen MR) is 245 cm³/mol. The van der Waals surface area contributed by atoms with Crippen molar-refractivity contribution in [2.45, 2.75) is 0 Å². The van der Waals surface area contributed by atoms with Crippen LogP contribution in [0.3, 0.4) is 0 Å². The van der Waals surface area contributed by atoms with Crippen LogP contribution in [-0.2, 0) is 0 Å². The fourth-order valence-corrected chi connectivity index (χ4v) is 9.93. The first-order valence-electron chi connectivity index (χ1n) is 19.6. The van der Waals surface area contributed by atoms with Crippen molar-refractivity contribution in [3.05, 3.63) is 200 Å². The smallest absolute Gasteiger partial charge is 0.143 e. The highest BCUT2D eigenvalue weighted by Gasteiger charge is 2.20. The molecule has 4 heteroatoms. The van der Waals surface area contributed by atoms with Gasteiger partial charge in [0.1, 0.15) is 22.3 Å². The van der Waals surface area contributed by atoms with E-state index in [1.54, 1.807) is 0 Å². The van der Waals surface area contributed by atoms with Crippen molar-refractivity contribution in [3.8, 4) is 33.4 Å². The molecule has 0 bridgehead atoms. The van der Waals surface area contributed by atoms with Gasteiger partial charge in [-0.15, -0.1) is 11.3 Å². The van der Waals surface area contributed by atoms with Crippen molar-refractivity contribution in [1.82, 2.24) is 0 Å². The van der Waals surface area contributed by atoms with Crippen molar-refractivity contribution < 1.29 is 8.83 Å². The van der Waals surface area contributed by atoms with Crippen LogP contribution < -0.4 is 4.90 Å². The topological polar surface area (TPSA) is 29.5 Å². The minimum atomic E-state index is 0.865. The number of furan rings is 2. The van der Waals surface area contributed by atoms with Crippen molar-refractivity contribution in [1.29, 1.82) is 0 Å². The molecule has 0 spiro atoms. The minimum Gasteiger partial charge on any atom is -0.456 e. The number of thiophene rings is 1. The number of rotatable bonds is 6. The summed E-state index contributed by atoms with van der Waals surface area (Å²) in [5.41, 5.74) is 13.7. The normalized spacial score (nSPS) is 11.8. The van der Waals surface area contributed by atoms with Crippen LogP contribution in [0.5, 0.6) is 0 Å². The molecule has 12 rings (SSSR count). The molecule has 0 aliphatic carbocycles. The van der Waals surface area contributed by atoms with Gasteiger partial charge in [0, 0.05) is 53.3 Å². The fourth-order valence-electron chi connectivity index (χ4n) is 8.80. The number of hydrogen-bond donors (Lipinski definition) is 0. The van der Waals surface area contributed by atoms with Crippen LogP contribution in [0.15, 0.2) is 209 Å². The lowest BCUT2D eigenvalue weighted by Crippen LogP contribution is -2.10. The lowest BCUT2D eigenvalue weighted by Gasteiger charge is -2.26. The largest absolute Gasteiger partial charge is 0.456 e. The maximum absolute atomic E-state index is 6.49. The molecule has 0 fully saturated rings. The fraction of sp³-hybridized carbons (Fsp3) is 0. The molecule has 58 heavy (non-hydrogen) atoms. The average Bonchev–Trinajstić information content (AvgIpc) is 3.99. The Morgan fingerprint density at radius 1 is 0.345 bits per heavy atom. The van der Waals surface area contributed by atoms with Crippen molar-refractivity contribution in [3.63, 3.8) is 0 Å². The molecule has 0 N–H and O–H groups in total. The summed E-state index contributed by atoms with van der Waals surface area (Å²) in [4.78, 5) is 2.36. The van der Waals surface area contributed by atoms with Gasteiger partial charge in [-0.2, -0.15) is 0 Å². The summed E-state index contributed by atoms with van der Waals surface area (Å²) >= 11 is 1.85. The highest BCUT2D eigenvalue weighted by molar-refractivity contribution is 7.25. The quantitative estimate of drug-likeness (QED) is 0.169. The first kappa shape index (κ1) is 32.8. The van der Waals surface area contributed by atoms with E-state index in [2.05, 4.69) is 187 Å². The zero-order chi connectivity index (χ0) is 38.2. The zero-order valence-corrected chi connectivity index (χ0v) is 32.0. The summed E-state index contributed by atoms with van der Waals surface area (Å²) in [5.74, 6) is 0. The second kappa shape index (κ2) is 13.1. The van der Waals surface area contributed by atoms with Gasteiger partial charge in [0.05, 0.1) is 11.1 Å². The lowest BCUT2D eigenvalue weighted by molar-refractivity contribution is 0.669. The van der Waals surface area contributed by atoms with Crippen LogP contribution in [-0.4, -0.2) is 0 Å². The monoisotopic (exact) mass is 759 g/mol. The molecule has 0 saturated heterocycles. The van der Waals surface area contributed by atoms with E-state index in [-0.39, 0.29) is 0 Å². The first-order chi connectivity index (χ1) is 28.7. The maximum atomic E-state index is 6.49. The zero-order valence-electron chi connectivity index (χ0n) is 31.2. The van der Waals surface area contributed by atoms with Gasteiger partial charge < -0.3 is 13.7 Å². The number of hydrogen-bond acceptors (Lipinski definition) is 4. The molecule has 0 radical (unpaired) electrons. The summed E-state index contributed by atoms with van der Waals surface area (Å²) in [5, 5.41) is 7.04. The Labute approximate surface area is 338 Å². The molecule has 3 nitrogen and oxygen atoms in total. The average molecular weight is 760 g/mol. The van der Waals surface area contributed by atoms with Crippen LogP contribution in [0, 0.1) is 0 Å². The highest BCUT2D eigenvalue weighted by Crippen LogP contribution is 2.45. The summed E-state index contributed by atoms with van der Waals surface area (Å²) < 4.78 is 15.5. The highest BCUT2D eigenvalue weighted by atomic mass is 32.1. The van der Waals surface area contributed by atoms with Crippen LogP contribution in [0.4, 0.5) is 17.1 Å². The molecule has 272 valence electrons. The van der Waals surface area contributed by atoms with Gasteiger partial charge in [0.2, 0.25) is 0 Å². The van der Waals surface area contributed by atoms with Gasteiger partial charge >= 0.3 is 0 Å². The molecular weight excluding hydrogens is 727 g/mol. The molecule has 0 amide bonds. The van der Waals surface area contributed by atoms with Gasteiger partial charge in [-0.25, -0.2) is 0 Å². The van der Waals surface area contributed by atoms with Gasteiger partial charge in [-0.1, -0.05) is 133 Å². The third kappa shape index (κ3) is 5.19. The van der Waals surface area contributed by atoms with Crippen LogP contribution in [0.1, 0.15) is 0 Å². The summed E-state index contributed by atoms with van der Waals surface area (Å²) in [6.45, 7) is 0. The Hall–Kier alpha value is -7.40. The maximum Gasteiger partial charge on any atom is 0.143 e. The van der Waals surface area contributed by atoms with E-state index >= 15 is 0 Å². The van der Waals surface area contributed by atoms with E-state index in [1.807, 2.05) is 29.5 Å². The molecule has 0 saturated carbocycles. The Morgan fingerprint density at radius 3 is 1.79 bits per heavy atom. The first-order valence-corrected chi connectivity index (χ1v) is 20.4. The molecule has 3 heterocycles. The predicted octanol–water partition coefficient (Wildman–Crippen LogP) is 16.3. The van der Waals surface area contributed by atoms with E-state index in [0.717, 1.165) is 83.2 Å². The number of anilines is 3. The molecule has 0 atom stereocenters. The third-order valence-electron chi connectivity index (χ3n) is 11.5. The molecule has 9 aromatic carbocycles. The number of nitrogens with zero attached hydrogens (tertiary/aromatic N) is 1. The summed E-state index contributed by atoms with van der Waals surface area (Å²) in [6, 6.07) is 71.4. The minimum absolute atomic E-state index is 0.865. The van der Waals surface area contributed by atoms with Gasteiger partial charge in [0.15, 0.2) is 0 Å². The number of para-hydroxylation sites is 2. The van der Waals surface area contributed by atoms with Crippen LogP contribution in [0.2, 0.25) is 0 Å². The van der Waals surface area contributed by atoms with E-state index in [0.29, 0.717) is 0 Å².